The Bertz CT molecular complexity index is 1560. The molecule has 4 rings (SSSR count). The van der Waals surface area contributed by atoms with Gasteiger partial charge in [-0.15, -0.1) is 26.3 Å². The molecule has 3 aromatic rings. The molecule has 1 aromatic heterocycles. The van der Waals surface area contributed by atoms with Crippen molar-refractivity contribution in [3.8, 4) is 5.75 Å². The normalized spacial score (nSPS) is 15.0. The van der Waals surface area contributed by atoms with E-state index in [-0.39, 0.29) is 37.1 Å². The van der Waals surface area contributed by atoms with E-state index in [0.29, 0.717) is 12.1 Å². The molecule has 1 N–H and O–H groups in total. The molecular weight excluding hydrogens is 639 g/mol. The van der Waals surface area contributed by atoms with Gasteiger partial charge in [0.05, 0.1) is 23.1 Å². The SMILES string of the molecule is O=C(c1cn(CCOC(F)(F)F)c2c(F)ccc(OC(F)(F)F)c12)N1CCC(c2cc(CNC(=O)C(F)(F)F)ccc2F)CC1. The minimum Gasteiger partial charge on any atom is -0.405 e. The number of aromatic nitrogens is 1. The van der Waals surface area contributed by atoms with Gasteiger partial charge >= 0.3 is 24.8 Å². The average molecular weight is 661 g/mol. The number of benzene rings is 2. The van der Waals surface area contributed by atoms with Crippen molar-refractivity contribution < 1.29 is 67.4 Å². The number of carbonyl (C=O) groups excluding carboxylic acids is 2. The average Bonchev–Trinajstić information content (AvgIpc) is 3.32. The number of ether oxygens (including phenoxy) is 2. The number of nitrogens with zero attached hydrogens (tertiary/aromatic N) is 2. The number of hydrogen-bond acceptors (Lipinski definition) is 4. The number of hydrogen-bond donors (Lipinski definition) is 1. The smallest absolute Gasteiger partial charge is 0.405 e. The summed E-state index contributed by atoms with van der Waals surface area (Å²) in [6.45, 7) is -2.48. The van der Waals surface area contributed by atoms with E-state index in [4.69, 9.17) is 0 Å². The summed E-state index contributed by atoms with van der Waals surface area (Å²) in [5.41, 5.74) is -0.853. The van der Waals surface area contributed by atoms with Crippen molar-refractivity contribution in [3.05, 3.63) is 64.9 Å². The Hall–Kier alpha value is -4.09. The molecule has 18 heteroatoms. The quantitative estimate of drug-likeness (QED) is 0.278. The lowest BCUT2D eigenvalue weighted by Gasteiger charge is -2.32. The Balaban J connectivity index is 1.56. The Kier molecular flexibility index (Phi) is 9.56. The predicted molar refractivity (Wildman–Crippen MR) is 133 cm³/mol. The van der Waals surface area contributed by atoms with Crippen molar-refractivity contribution in [1.82, 2.24) is 14.8 Å². The summed E-state index contributed by atoms with van der Waals surface area (Å²) in [7, 11) is 0. The second-order valence-electron chi connectivity index (χ2n) is 9.95. The van der Waals surface area contributed by atoms with E-state index < -0.39 is 90.2 Å². The molecule has 0 atom stereocenters. The Morgan fingerprint density at radius 2 is 1.53 bits per heavy atom. The van der Waals surface area contributed by atoms with E-state index in [1.807, 2.05) is 0 Å². The number of rotatable bonds is 8. The highest BCUT2D eigenvalue weighted by Gasteiger charge is 2.38. The molecule has 0 spiro atoms. The molecule has 45 heavy (non-hydrogen) atoms. The van der Waals surface area contributed by atoms with Crippen LogP contribution in [0.4, 0.5) is 48.3 Å². The first-order chi connectivity index (χ1) is 20.8. The molecule has 2 heterocycles. The largest absolute Gasteiger partial charge is 0.573 e. The Morgan fingerprint density at radius 1 is 0.889 bits per heavy atom. The summed E-state index contributed by atoms with van der Waals surface area (Å²) in [6, 6.07) is 4.69. The van der Waals surface area contributed by atoms with E-state index in [9.17, 15) is 57.9 Å². The molecule has 2 amide bonds. The van der Waals surface area contributed by atoms with Gasteiger partial charge in [-0.1, -0.05) is 12.1 Å². The zero-order valence-electron chi connectivity index (χ0n) is 22.7. The number of amides is 2. The van der Waals surface area contributed by atoms with Gasteiger partial charge in [0, 0.05) is 32.4 Å². The molecule has 0 unspecified atom stereocenters. The van der Waals surface area contributed by atoms with Crippen molar-refractivity contribution >= 4 is 22.7 Å². The molecule has 0 aliphatic carbocycles. The third-order valence-corrected chi connectivity index (χ3v) is 6.98. The van der Waals surface area contributed by atoms with Crippen LogP contribution in [0.15, 0.2) is 36.5 Å². The second-order valence-corrected chi connectivity index (χ2v) is 9.95. The van der Waals surface area contributed by atoms with Crippen molar-refractivity contribution in [2.45, 2.75) is 50.8 Å². The van der Waals surface area contributed by atoms with E-state index >= 15 is 0 Å². The first-order valence-corrected chi connectivity index (χ1v) is 13.0. The molecule has 1 fully saturated rings. The number of likely N-dealkylation sites (tertiary alicyclic amines) is 1. The molecule has 246 valence electrons. The van der Waals surface area contributed by atoms with Crippen LogP contribution in [-0.4, -0.2) is 59.9 Å². The van der Waals surface area contributed by atoms with Crippen LogP contribution in [0.5, 0.6) is 5.75 Å². The fourth-order valence-corrected chi connectivity index (χ4v) is 5.04. The molecule has 1 aliphatic rings. The summed E-state index contributed by atoms with van der Waals surface area (Å²) < 4.78 is 152. The minimum atomic E-state index is -5.26. The highest BCUT2D eigenvalue weighted by atomic mass is 19.4. The van der Waals surface area contributed by atoms with Gasteiger partial charge in [0.25, 0.3) is 5.91 Å². The van der Waals surface area contributed by atoms with Crippen LogP contribution in [-0.2, 0) is 22.6 Å². The number of carbonyl (C=O) groups is 2. The van der Waals surface area contributed by atoms with Crippen LogP contribution < -0.4 is 10.1 Å². The van der Waals surface area contributed by atoms with Crippen LogP contribution in [0.3, 0.4) is 0 Å². The minimum absolute atomic E-state index is 0.0907. The van der Waals surface area contributed by atoms with Crippen LogP contribution in [0.25, 0.3) is 10.9 Å². The number of alkyl halides is 9. The fourth-order valence-electron chi connectivity index (χ4n) is 5.04. The second kappa shape index (κ2) is 12.7. The molecule has 1 saturated heterocycles. The van der Waals surface area contributed by atoms with Crippen LogP contribution in [0.1, 0.15) is 40.2 Å². The molecule has 0 radical (unpaired) electrons. The summed E-state index contributed by atoms with van der Waals surface area (Å²) in [5.74, 6) is -6.45. The molecule has 1 aliphatic heterocycles. The van der Waals surface area contributed by atoms with E-state index in [2.05, 4.69) is 9.47 Å². The summed E-state index contributed by atoms with van der Waals surface area (Å²) in [5, 5.41) is 1.04. The molecule has 0 saturated carbocycles. The van der Waals surface area contributed by atoms with Crippen LogP contribution >= 0.6 is 0 Å². The van der Waals surface area contributed by atoms with Crippen molar-refractivity contribution in [2.75, 3.05) is 19.7 Å². The zero-order valence-corrected chi connectivity index (χ0v) is 22.7. The van der Waals surface area contributed by atoms with Gasteiger partial charge < -0.3 is 19.5 Å². The predicted octanol–water partition coefficient (Wildman–Crippen LogP) is 6.55. The number of piperidine rings is 1. The van der Waals surface area contributed by atoms with Gasteiger partial charge in [-0.3, -0.25) is 14.3 Å². The van der Waals surface area contributed by atoms with E-state index in [0.717, 1.165) is 16.8 Å². The molecular formula is C27H22F11N3O4. The maximum atomic E-state index is 14.8. The van der Waals surface area contributed by atoms with Gasteiger partial charge in [0.15, 0.2) is 0 Å². The number of nitrogens with one attached hydrogen (secondary N) is 1. The third-order valence-electron chi connectivity index (χ3n) is 6.98. The monoisotopic (exact) mass is 661 g/mol. The lowest BCUT2D eigenvalue weighted by molar-refractivity contribution is -0.325. The maximum Gasteiger partial charge on any atom is 0.573 e. The zero-order chi connectivity index (χ0) is 33.3. The fraction of sp³-hybridized carbons (Fsp3) is 0.407. The lowest BCUT2D eigenvalue weighted by Crippen LogP contribution is -2.38. The van der Waals surface area contributed by atoms with Gasteiger partial charge in [-0.05, 0) is 48.1 Å². The van der Waals surface area contributed by atoms with Gasteiger partial charge in [-0.2, -0.15) is 13.2 Å². The van der Waals surface area contributed by atoms with Crippen molar-refractivity contribution in [1.29, 1.82) is 0 Å². The van der Waals surface area contributed by atoms with E-state index in [1.165, 1.54) is 17.0 Å². The maximum absolute atomic E-state index is 14.8. The first kappa shape index (κ1) is 33.8. The lowest BCUT2D eigenvalue weighted by atomic mass is 9.88. The summed E-state index contributed by atoms with van der Waals surface area (Å²) in [6.07, 6.45) is -14.3. The molecule has 7 nitrogen and oxygen atoms in total. The van der Waals surface area contributed by atoms with Crippen molar-refractivity contribution in [2.24, 2.45) is 0 Å². The number of fused-ring (bicyclic) bond motifs is 1. The highest BCUT2D eigenvalue weighted by molar-refractivity contribution is 6.09. The molecule has 0 bridgehead atoms. The highest BCUT2D eigenvalue weighted by Crippen LogP contribution is 2.38. The topological polar surface area (TPSA) is 72.8 Å². The van der Waals surface area contributed by atoms with E-state index in [1.54, 1.807) is 5.32 Å². The van der Waals surface area contributed by atoms with Crippen molar-refractivity contribution in [3.63, 3.8) is 0 Å². The summed E-state index contributed by atoms with van der Waals surface area (Å²) >= 11 is 0. The summed E-state index contributed by atoms with van der Waals surface area (Å²) in [4.78, 5) is 25.8. The number of halogens is 11. The Morgan fingerprint density at radius 3 is 2.13 bits per heavy atom. The molecule has 2 aromatic carbocycles. The standard InChI is InChI=1S/C27H22F11N3O4/c28-18-2-1-14(12-39-24(43)25(30,31)32)11-16(18)15-5-7-40(8-6-15)23(42)17-13-41(9-10-44-26(33,34)35)22-19(29)3-4-20(21(17)22)45-27(36,37)38/h1-4,11,13,15H,5-10,12H2,(H,39,43). The first-order valence-electron chi connectivity index (χ1n) is 13.0. The van der Waals surface area contributed by atoms with Crippen LogP contribution in [0.2, 0.25) is 0 Å². The van der Waals surface area contributed by atoms with Crippen LogP contribution in [0, 0.1) is 11.6 Å². The van der Waals surface area contributed by atoms with Gasteiger partial charge in [0.2, 0.25) is 0 Å². The van der Waals surface area contributed by atoms with Gasteiger partial charge in [-0.25, -0.2) is 8.78 Å². The van der Waals surface area contributed by atoms with Gasteiger partial charge in [0.1, 0.15) is 17.4 Å². The third kappa shape index (κ3) is 8.34. The Labute approximate surface area is 246 Å².